The van der Waals surface area contributed by atoms with Crippen LogP contribution in [0.1, 0.15) is 27.7 Å². The van der Waals surface area contributed by atoms with Gasteiger partial charge in [-0.05, 0) is 49.1 Å². The average molecular weight is 429 g/mol. The Morgan fingerprint density at radius 2 is 1.50 bits per heavy atom. The summed E-state index contributed by atoms with van der Waals surface area (Å²) < 4.78 is 16.4. The van der Waals surface area contributed by atoms with Gasteiger partial charge in [-0.15, -0.1) is 0 Å². The molecular weight excluding hydrogens is 405 g/mol. The SMILES string of the molecule is O=C(CCCCc1ccc(Oc2ccccc2)cc1)CP(=O)(O)O.[H-].[H-].[K+].[K+]. The van der Waals surface area contributed by atoms with Crippen molar-refractivity contribution in [1.82, 2.24) is 0 Å². The van der Waals surface area contributed by atoms with Gasteiger partial charge in [0.05, 0.1) is 0 Å². The van der Waals surface area contributed by atoms with Gasteiger partial charge in [-0.25, -0.2) is 0 Å². The summed E-state index contributed by atoms with van der Waals surface area (Å²) in [6.45, 7) is 0. The summed E-state index contributed by atoms with van der Waals surface area (Å²) in [6, 6.07) is 17.3. The van der Waals surface area contributed by atoms with Gasteiger partial charge in [0.15, 0.2) is 0 Å². The minimum absolute atomic E-state index is 0. The largest absolute Gasteiger partial charge is 1.00 e. The van der Waals surface area contributed by atoms with Crippen LogP contribution >= 0.6 is 7.60 Å². The Kier molecular flexibility index (Phi) is 15.1. The quantitative estimate of drug-likeness (QED) is 0.279. The maximum absolute atomic E-state index is 11.4. The topological polar surface area (TPSA) is 83.8 Å². The van der Waals surface area contributed by atoms with Gasteiger partial charge >= 0.3 is 110 Å². The molecule has 2 rings (SSSR count). The molecule has 0 bridgehead atoms. The van der Waals surface area contributed by atoms with Gasteiger partial charge in [-0.1, -0.05) is 30.3 Å². The second-order valence-electron chi connectivity index (χ2n) is 5.63. The van der Waals surface area contributed by atoms with E-state index < -0.39 is 13.8 Å². The molecule has 0 aromatic heterocycles. The van der Waals surface area contributed by atoms with Crippen LogP contribution in [0.4, 0.5) is 0 Å². The number of hydrogen-bond acceptors (Lipinski definition) is 3. The van der Waals surface area contributed by atoms with Crippen molar-refractivity contribution < 1.29 is 130 Å². The number of hydrogen-bond donors (Lipinski definition) is 2. The fraction of sp³-hybridized carbons (Fsp3) is 0.278. The van der Waals surface area contributed by atoms with E-state index in [0.29, 0.717) is 6.42 Å². The standard InChI is InChI=1S/C18H21O5P.2K.2H/c19-16(14-24(20,21)22)7-5-4-6-15-10-12-18(13-11-15)23-17-8-2-1-3-9-17;;;;/h1-3,8-13H,4-7,14H2,(H2,20,21,22);;;;/q;2*+1;2*-1. The summed E-state index contributed by atoms with van der Waals surface area (Å²) in [4.78, 5) is 28.8. The molecule has 0 atom stereocenters. The zero-order valence-electron chi connectivity index (χ0n) is 17.3. The number of aryl methyl sites for hydroxylation is 1. The molecule has 0 spiro atoms. The van der Waals surface area contributed by atoms with E-state index >= 15 is 0 Å². The summed E-state index contributed by atoms with van der Waals surface area (Å²) in [7, 11) is -4.23. The Labute approximate surface area is 242 Å². The number of para-hydroxylation sites is 1. The molecule has 0 fully saturated rings. The number of ketones is 1. The van der Waals surface area contributed by atoms with Crippen LogP contribution in [0.5, 0.6) is 11.5 Å². The van der Waals surface area contributed by atoms with Gasteiger partial charge in [0.25, 0.3) is 0 Å². The fourth-order valence-electron chi connectivity index (χ4n) is 2.31. The predicted molar refractivity (Wildman–Crippen MR) is 94.7 cm³/mol. The zero-order valence-corrected chi connectivity index (χ0v) is 22.4. The third-order valence-electron chi connectivity index (χ3n) is 3.46. The monoisotopic (exact) mass is 428 g/mol. The molecule has 8 heteroatoms. The summed E-state index contributed by atoms with van der Waals surface area (Å²) in [5.41, 5.74) is 1.14. The van der Waals surface area contributed by atoms with Gasteiger partial charge in [0.2, 0.25) is 0 Å². The first kappa shape index (κ1) is 27.3. The minimum Gasteiger partial charge on any atom is -1.00 e. The van der Waals surface area contributed by atoms with Crippen molar-refractivity contribution in [3.05, 3.63) is 60.2 Å². The molecule has 0 unspecified atom stereocenters. The minimum atomic E-state index is -4.23. The van der Waals surface area contributed by atoms with Crippen LogP contribution in [-0.2, 0) is 15.8 Å². The van der Waals surface area contributed by atoms with Crippen molar-refractivity contribution in [1.29, 1.82) is 0 Å². The molecule has 132 valence electrons. The van der Waals surface area contributed by atoms with Gasteiger partial charge in [0, 0.05) is 6.42 Å². The normalized spacial score (nSPS) is 10.4. The van der Waals surface area contributed by atoms with Gasteiger partial charge in [0.1, 0.15) is 23.4 Å². The summed E-state index contributed by atoms with van der Waals surface area (Å²) in [5.74, 6) is 1.17. The van der Waals surface area contributed by atoms with E-state index in [2.05, 4.69) is 0 Å². The molecule has 0 amide bonds. The number of benzene rings is 2. The average Bonchev–Trinajstić information content (AvgIpc) is 2.52. The van der Waals surface area contributed by atoms with E-state index in [1.54, 1.807) is 0 Å². The van der Waals surface area contributed by atoms with Crippen molar-refractivity contribution in [2.75, 3.05) is 6.16 Å². The molecule has 0 aliphatic rings. The molecule has 2 aromatic carbocycles. The molecule has 0 heterocycles. The van der Waals surface area contributed by atoms with Crippen molar-refractivity contribution in [2.45, 2.75) is 25.7 Å². The van der Waals surface area contributed by atoms with E-state index in [9.17, 15) is 9.36 Å². The predicted octanol–water partition coefficient (Wildman–Crippen LogP) is -1.83. The molecule has 0 saturated heterocycles. The van der Waals surface area contributed by atoms with Crippen LogP contribution < -0.4 is 108 Å². The molecule has 0 radical (unpaired) electrons. The summed E-state index contributed by atoms with van der Waals surface area (Å²) in [6.07, 6.45) is 1.79. The zero-order chi connectivity index (χ0) is 17.4. The van der Waals surface area contributed by atoms with Crippen LogP contribution in [0.25, 0.3) is 0 Å². The third kappa shape index (κ3) is 12.0. The smallest absolute Gasteiger partial charge is 1.00 e. The van der Waals surface area contributed by atoms with Crippen molar-refractivity contribution in [2.24, 2.45) is 0 Å². The Hall–Kier alpha value is 1.33. The first-order valence-electron chi connectivity index (χ1n) is 7.80. The molecule has 5 nitrogen and oxygen atoms in total. The van der Waals surface area contributed by atoms with Crippen molar-refractivity contribution in [3.8, 4) is 11.5 Å². The Morgan fingerprint density at radius 1 is 0.923 bits per heavy atom. The number of rotatable bonds is 9. The van der Waals surface area contributed by atoms with Crippen LogP contribution in [0.3, 0.4) is 0 Å². The van der Waals surface area contributed by atoms with E-state index in [0.717, 1.165) is 29.9 Å². The first-order valence-corrected chi connectivity index (χ1v) is 9.60. The van der Waals surface area contributed by atoms with Crippen LogP contribution in [0.2, 0.25) is 0 Å². The van der Waals surface area contributed by atoms with Gasteiger partial charge < -0.3 is 17.4 Å². The van der Waals surface area contributed by atoms with E-state index in [1.807, 2.05) is 54.6 Å². The maximum atomic E-state index is 11.4. The molecule has 26 heavy (non-hydrogen) atoms. The Balaban J connectivity index is -0.00000156. The fourth-order valence-corrected chi connectivity index (χ4v) is 2.93. The van der Waals surface area contributed by atoms with Gasteiger partial charge in [-0.3, -0.25) is 9.36 Å². The van der Waals surface area contributed by atoms with E-state index in [-0.39, 0.29) is 118 Å². The second-order valence-corrected chi connectivity index (χ2v) is 7.27. The second kappa shape index (κ2) is 14.3. The molecule has 0 saturated carbocycles. The molecular formula is C18H23K2O5P. The van der Waals surface area contributed by atoms with E-state index in [1.165, 1.54) is 0 Å². The van der Waals surface area contributed by atoms with Crippen LogP contribution in [-0.4, -0.2) is 21.7 Å². The van der Waals surface area contributed by atoms with Crippen LogP contribution in [0, 0.1) is 0 Å². The van der Waals surface area contributed by atoms with Crippen molar-refractivity contribution >= 4 is 13.4 Å². The maximum Gasteiger partial charge on any atom is 1.00 e. The molecule has 0 aliphatic heterocycles. The molecule has 2 aromatic rings. The van der Waals surface area contributed by atoms with Crippen LogP contribution in [0.15, 0.2) is 54.6 Å². The first-order chi connectivity index (χ1) is 11.4. The summed E-state index contributed by atoms with van der Waals surface area (Å²) in [5, 5.41) is 0. The number of carbonyl (C=O) groups is 1. The van der Waals surface area contributed by atoms with Crippen molar-refractivity contribution in [3.63, 3.8) is 0 Å². The third-order valence-corrected chi connectivity index (χ3v) is 4.22. The Bertz CT molecular complexity index is 712. The van der Waals surface area contributed by atoms with Gasteiger partial charge in [-0.2, -0.15) is 0 Å². The molecule has 0 aliphatic carbocycles. The summed E-state index contributed by atoms with van der Waals surface area (Å²) >= 11 is 0. The number of ether oxygens (including phenoxy) is 1. The molecule has 2 N–H and O–H groups in total. The Morgan fingerprint density at radius 3 is 2.08 bits per heavy atom. The number of unbranched alkanes of at least 4 members (excludes halogenated alkanes) is 1. The number of Topliss-reactive ketones (excluding diaryl/α,β-unsaturated/α-hetero) is 1. The number of carbonyl (C=O) groups excluding carboxylic acids is 1. The van der Waals surface area contributed by atoms with E-state index in [4.69, 9.17) is 14.5 Å².